The maximum Gasteiger partial charge on any atom is 0.322 e. The number of urea groups is 1. The van der Waals surface area contributed by atoms with Crippen LogP contribution in [0.15, 0.2) is 42.5 Å². The third kappa shape index (κ3) is 5.04. The molecule has 3 amide bonds. The predicted octanol–water partition coefficient (Wildman–Crippen LogP) is 4.09. The molecule has 8 nitrogen and oxygen atoms in total. The number of aryl methyl sites for hydroxylation is 1. The summed E-state index contributed by atoms with van der Waals surface area (Å²) in [6.07, 6.45) is 0. The zero-order valence-corrected chi connectivity index (χ0v) is 15.6. The summed E-state index contributed by atoms with van der Waals surface area (Å²) in [6.45, 7) is 5.04. The average molecular weight is 370 g/mol. The van der Waals surface area contributed by atoms with Gasteiger partial charge < -0.3 is 15.5 Å². The minimum Gasteiger partial charge on any atom is -0.326 e. The van der Waals surface area contributed by atoms with Crippen molar-refractivity contribution in [2.75, 3.05) is 17.7 Å². The van der Waals surface area contributed by atoms with Gasteiger partial charge in [0.05, 0.1) is 11.0 Å². The Morgan fingerprint density at radius 1 is 1.15 bits per heavy atom. The fraction of sp³-hybridized carbons (Fsp3) is 0.263. The van der Waals surface area contributed by atoms with Crippen LogP contribution >= 0.6 is 0 Å². The van der Waals surface area contributed by atoms with Crippen LogP contribution in [0.4, 0.5) is 21.9 Å². The lowest BCUT2D eigenvalue weighted by atomic mass is 10.1. The van der Waals surface area contributed by atoms with E-state index in [1.165, 1.54) is 24.0 Å². The highest BCUT2D eigenvalue weighted by Gasteiger charge is 2.20. The van der Waals surface area contributed by atoms with Gasteiger partial charge in [0.1, 0.15) is 0 Å². The fourth-order valence-electron chi connectivity index (χ4n) is 2.54. The maximum absolute atomic E-state index is 12.6. The quantitative estimate of drug-likeness (QED) is 0.611. The third-order valence-corrected chi connectivity index (χ3v) is 4.26. The van der Waals surface area contributed by atoms with Crippen molar-refractivity contribution in [2.24, 2.45) is 0 Å². The molecular formula is C19H22N4O4. The number of nitrogens with one attached hydrogen (secondary N) is 2. The Morgan fingerprint density at radius 3 is 2.48 bits per heavy atom. The number of nitro benzene ring substituents is 1. The number of non-ortho nitro benzene ring substituents is 1. The second-order valence-electron chi connectivity index (χ2n) is 6.28. The molecule has 0 fully saturated rings. The first kappa shape index (κ1) is 19.9. The van der Waals surface area contributed by atoms with E-state index in [-0.39, 0.29) is 23.7 Å². The molecule has 0 saturated heterocycles. The molecule has 142 valence electrons. The standard InChI is InChI=1S/C19H22N4O4/c1-12-8-9-16(20-14(3)24)11-18(12)21-19(25)22(4)13(2)15-6-5-7-17(10-15)23(26)27/h5-11,13H,1-4H3,(H,20,24)(H,21,25). The Labute approximate surface area is 157 Å². The summed E-state index contributed by atoms with van der Waals surface area (Å²) in [5.74, 6) is -0.201. The fourth-order valence-corrected chi connectivity index (χ4v) is 2.54. The van der Waals surface area contributed by atoms with Crippen LogP contribution in [0.2, 0.25) is 0 Å². The van der Waals surface area contributed by atoms with E-state index < -0.39 is 4.92 Å². The molecule has 0 aromatic heterocycles. The molecule has 2 aromatic carbocycles. The van der Waals surface area contributed by atoms with Crippen LogP contribution in [0.25, 0.3) is 0 Å². The minimum absolute atomic E-state index is 0.0213. The number of anilines is 2. The van der Waals surface area contributed by atoms with E-state index >= 15 is 0 Å². The number of benzene rings is 2. The van der Waals surface area contributed by atoms with Crippen molar-refractivity contribution in [1.82, 2.24) is 4.90 Å². The van der Waals surface area contributed by atoms with Crippen LogP contribution in [-0.4, -0.2) is 28.8 Å². The Balaban J connectivity index is 2.16. The monoisotopic (exact) mass is 370 g/mol. The van der Waals surface area contributed by atoms with E-state index in [2.05, 4.69) is 10.6 Å². The normalized spacial score (nSPS) is 11.4. The lowest BCUT2D eigenvalue weighted by Gasteiger charge is -2.26. The highest BCUT2D eigenvalue weighted by Crippen LogP contribution is 2.25. The molecule has 0 saturated carbocycles. The smallest absolute Gasteiger partial charge is 0.322 e. The molecule has 0 aliphatic heterocycles. The van der Waals surface area contributed by atoms with Gasteiger partial charge in [-0.3, -0.25) is 14.9 Å². The van der Waals surface area contributed by atoms with Crippen molar-refractivity contribution in [1.29, 1.82) is 0 Å². The molecule has 0 radical (unpaired) electrons. The van der Waals surface area contributed by atoms with Crippen LogP contribution in [0, 0.1) is 17.0 Å². The largest absolute Gasteiger partial charge is 0.326 e. The summed E-state index contributed by atoms with van der Waals surface area (Å²) >= 11 is 0. The van der Waals surface area contributed by atoms with E-state index in [4.69, 9.17) is 0 Å². The summed E-state index contributed by atoms with van der Waals surface area (Å²) < 4.78 is 0. The molecule has 0 heterocycles. The van der Waals surface area contributed by atoms with Crippen LogP contribution in [0.5, 0.6) is 0 Å². The molecule has 2 N–H and O–H groups in total. The minimum atomic E-state index is -0.465. The summed E-state index contributed by atoms with van der Waals surface area (Å²) in [5, 5.41) is 16.4. The first-order valence-electron chi connectivity index (χ1n) is 8.35. The Bertz CT molecular complexity index is 882. The van der Waals surface area contributed by atoms with Crippen molar-refractivity contribution in [3.63, 3.8) is 0 Å². The highest BCUT2D eigenvalue weighted by molar-refractivity contribution is 5.93. The molecule has 2 aromatic rings. The summed E-state index contributed by atoms with van der Waals surface area (Å²) in [4.78, 5) is 35.8. The molecule has 0 aliphatic rings. The van der Waals surface area contributed by atoms with Gasteiger partial charge in [-0.25, -0.2) is 4.79 Å². The molecule has 0 bridgehead atoms. The number of amides is 3. The number of carbonyl (C=O) groups excluding carboxylic acids is 2. The summed E-state index contributed by atoms with van der Waals surface area (Å²) in [7, 11) is 1.62. The van der Waals surface area contributed by atoms with E-state index in [1.54, 1.807) is 44.3 Å². The van der Waals surface area contributed by atoms with Gasteiger partial charge in [-0.15, -0.1) is 0 Å². The van der Waals surface area contributed by atoms with Gasteiger partial charge in [0.25, 0.3) is 5.69 Å². The van der Waals surface area contributed by atoms with Crippen molar-refractivity contribution in [3.8, 4) is 0 Å². The average Bonchev–Trinajstić information content (AvgIpc) is 2.62. The lowest BCUT2D eigenvalue weighted by Crippen LogP contribution is -2.33. The summed E-state index contributed by atoms with van der Waals surface area (Å²) in [5.41, 5.74) is 2.63. The molecule has 1 atom stereocenters. The van der Waals surface area contributed by atoms with Gasteiger partial charge in [0.2, 0.25) is 5.91 Å². The van der Waals surface area contributed by atoms with Crippen molar-refractivity contribution in [2.45, 2.75) is 26.8 Å². The van der Waals surface area contributed by atoms with Crippen molar-refractivity contribution >= 4 is 29.0 Å². The summed E-state index contributed by atoms with van der Waals surface area (Å²) in [6, 6.07) is 10.7. The Kier molecular flexibility index (Phi) is 6.12. The molecule has 8 heteroatoms. The molecular weight excluding hydrogens is 348 g/mol. The number of hydrogen-bond acceptors (Lipinski definition) is 4. The Hall–Kier alpha value is -3.42. The zero-order chi connectivity index (χ0) is 20.1. The van der Waals surface area contributed by atoms with Crippen molar-refractivity contribution in [3.05, 3.63) is 63.7 Å². The SMILES string of the molecule is CC(=O)Nc1ccc(C)c(NC(=O)N(C)C(C)c2cccc([N+](=O)[O-])c2)c1. The molecule has 0 aliphatic carbocycles. The first-order valence-corrected chi connectivity index (χ1v) is 8.35. The van der Waals surface area contributed by atoms with Gasteiger partial charge >= 0.3 is 6.03 Å². The lowest BCUT2D eigenvalue weighted by molar-refractivity contribution is -0.384. The molecule has 2 rings (SSSR count). The van der Waals surface area contributed by atoms with E-state index in [1.807, 2.05) is 6.92 Å². The van der Waals surface area contributed by atoms with Crippen LogP contribution in [0.3, 0.4) is 0 Å². The number of nitro groups is 1. The topological polar surface area (TPSA) is 105 Å². The second-order valence-corrected chi connectivity index (χ2v) is 6.28. The zero-order valence-electron chi connectivity index (χ0n) is 15.6. The highest BCUT2D eigenvalue weighted by atomic mass is 16.6. The molecule has 1 unspecified atom stereocenters. The third-order valence-electron chi connectivity index (χ3n) is 4.26. The number of nitrogens with zero attached hydrogens (tertiary/aromatic N) is 2. The van der Waals surface area contributed by atoms with Crippen molar-refractivity contribution < 1.29 is 14.5 Å². The van der Waals surface area contributed by atoms with Crippen LogP contribution in [0.1, 0.15) is 31.0 Å². The van der Waals surface area contributed by atoms with Gasteiger partial charge in [0.15, 0.2) is 0 Å². The van der Waals surface area contributed by atoms with Crippen LogP contribution < -0.4 is 10.6 Å². The molecule has 27 heavy (non-hydrogen) atoms. The van der Waals surface area contributed by atoms with E-state index in [9.17, 15) is 19.7 Å². The Morgan fingerprint density at radius 2 is 1.85 bits per heavy atom. The molecule has 0 spiro atoms. The second kappa shape index (κ2) is 8.31. The van der Waals surface area contributed by atoms with Gasteiger partial charge in [-0.05, 0) is 37.1 Å². The van der Waals surface area contributed by atoms with E-state index in [0.717, 1.165) is 5.56 Å². The number of carbonyl (C=O) groups is 2. The number of hydrogen-bond donors (Lipinski definition) is 2. The van der Waals surface area contributed by atoms with Crippen LogP contribution in [-0.2, 0) is 4.79 Å². The van der Waals surface area contributed by atoms with Gasteiger partial charge in [-0.2, -0.15) is 0 Å². The predicted molar refractivity (Wildman–Crippen MR) is 104 cm³/mol. The first-order chi connectivity index (χ1) is 12.7. The van der Waals surface area contributed by atoms with Gasteiger partial charge in [0, 0.05) is 37.5 Å². The number of rotatable bonds is 5. The maximum atomic E-state index is 12.6. The van der Waals surface area contributed by atoms with E-state index in [0.29, 0.717) is 16.9 Å². The van der Waals surface area contributed by atoms with Gasteiger partial charge in [-0.1, -0.05) is 18.2 Å².